The van der Waals surface area contributed by atoms with Gasteiger partial charge in [-0.25, -0.2) is 9.37 Å². The van der Waals surface area contributed by atoms with Gasteiger partial charge in [-0.15, -0.1) is 0 Å². The fraction of sp³-hybridized carbons (Fsp3) is 0.235. The van der Waals surface area contributed by atoms with Crippen molar-refractivity contribution in [1.29, 1.82) is 0 Å². The molecule has 2 aromatic carbocycles. The second-order valence-electron chi connectivity index (χ2n) is 5.22. The van der Waals surface area contributed by atoms with Gasteiger partial charge in [-0.1, -0.05) is 6.92 Å². The third-order valence-electron chi connectivity index (χ3n) is 3.61. The van der Waals surface area contributed by atoms with Crippen LogP contribution in [0.1, 0.15) is 18.9 Å². The van der Waals surface area contributed by atoms with Gasteiger partial charge in [0, 0.05) is 18.2 Å². The van der Waals surface area contributed by atoms with Crippen molar-refractivity contribution in [2.45, 2.75) is 26.8 Å². The Morgan fingerprint density at radius 3 is 2.71 bits per heavy atom. The van der Waals surface area contributed by atoms with E-state index in [9.17, 15) is 9.50 Å². The van der Waals surface area contributed by atoms with Gasteiger partial charge in [-0.05, 0) is 49.2 Å². The molecular weight excluding hydrogens is 267 g/mol. The Labute approximate surface area is 122 Å². The Kier molecular flexibility index (Phi) is 3.37. The van der Waals surface area contributed by atoms with Crippen molar-refractivity contribution in [3.63, 3.8) is 0 Å². The average molecular weight is 284 g/mol. The Balaban J connectivity index is 2.27. The molecule has 0 unspecified atom stereocenters. The quantitative estimate of drug-likeness (QED) is 0.780. The van der Waals surface area contributed by atoms with Crippen LogP contribution in [-0.2, 0) is 6.54 Å². The van der Waals surface area contributed by atoms with Gasteiger partial charge in [-0.2, -0.15) is 0 Å². The summed E-state index contributed by atoms with van der Waals surface area (Å²) < 4.78 is 15.5. The molecule has 0 fully saturated rings. The Hall–Kier alpha value is -2.36. The lowest BCUT2D eigenvalue weighted by atomic mass is 10.1. The molecule has 3 nitrogen and oxygen atoms in total. The highest BCUT2D eigenvalue weighted by molar-refractivity contribution is 5.81. The molecule has 0 atom stereocenters. The van der Waals surface area contributed by atoms with Crippen LogP contribution in [0.25, 0.3) is 22.4 Å². The molecule has 0 aliphatic rings. The Bertz CT molecular complexity index is 808. The monoisotopic (exact) mass is 284 g/mol. The van der Waals surface area contributed by atoms with Crippen LogP contribution in [0.2, 0.25) is 0 Å². The third kappa shape index (κ3) is 2.37. The SMILES string of the molecule is CCCn1c(-c2ccc(O)cc2C)nc2cc(F)ccc21. The fourth-order valence-corrected chi connectivity index (χ4v) is 2.66. The molecule has 0 bridgehead atoms. The van der Waals surface area contributed by atoms with Crippen molar-refractivity contribution < 1.29 is 9.50 Å². The van der Waals surface area contributed by atoms with Gasteiger partial charge < -0.3 is 9.67 Å². The van der Waals surface area contributed by atoms with Crippen LogP contribution in [0.4, 0.5) is 4.39 Å². The molecule has 21 heavy (non-hydrogen) atoms. The van der Waals surface area contributed by atoms with Crippen LogP contribution in [0.5, 0.6) is 5.75 Å². The Morgan fingerprint density at radius 2 is 2.00 bits per heavy atom. The number of phenols is 1. The predicted octanol–water partition coefficient (Wildman–Crippen LogP) is 4.27. The molecule has 1 N–H and O–H groups in total. The number of imidazole rings is 1. The maximum absolute atomic E-state index is 13.4. The van der Waals surface area contributed by atoms with Crippen molar-refractivity contribution in [3.8, 4) is 17.1 Å². The number of aromatic hydroxyl groups is 1. The minimum Gasteiger partial charge on any atom is -0.508 e. The van der Waals surface area contributed by atoms with Crippen LogP contribution < -0.4 is 0 Å². The molecule has 3 aromatic rings. The van der Waals surface area contributed by atoms with E-state index < -0.39 is 0 Å². The maximum Gasteiger partial charge on any atom is 0.141 e. The normalized spacial score (nSPS) is 11.2. The van der Waals surface area contributed by atoms with Crippen LogP contribution in [-0.4, -0.2) is 14.7 Å². The molecule has 0 saturated carbocycles. The molecule has 1 aromatic heterocycles. The summed E-state index contributed by atoms with van der Waals surface area (Å²) in [6.07, 6.45) is 0.965. The number of halogens is 1. The fourth-order valence-electron chi connectivity index (χ4n) is 2.66. The summed E-state index contributed by atoms with van der Waals surface area (Å²) in [7, 11) is 0. The Morgan fingerprint density at radius 1 is 1.19 bits per heavy atom. The molecule has 108 valence electrons. The number of aromatic nitrogens is 2. The number of fused-ring (bicyclic) bond motifs is 1. The zero-order valence-corrected chi connectivity index (χ0v) is 12.1. The molecule has 0 radical (unpaired) electrons. The lowest BCUT2D eigenvalue weighted by Gasteiger charge is -2.10. The van der Waals surface area contributed by atoms with Gasteiger partial charge >= 0.3 is 0 Å². The summed E-state index contributed by atoms with van der Waals surface area (Å²) in [6, 6.07) is 9.91. The second kappa shape index (κ2) is 5.20. The number of phenolic OH excluding ortho intramolecular Hbond substituents is 1. The first-order valence-electron chi connectivity index (χ1n) is 7.06. The van der Waals surface area contributed by atoms with Crippen molar-refractivity contribution in [3.05, 3.63) is 47.8 Å². The lowest BCUT2D eigenvalue weighted by Crippen LogP contribution is -2.00. The molecule has 4 heteroatoms. The minimum atomic E-state index is -0.280. The number of benzene rings is 2. The van der Waals surface area contributed by atoms with Crippen molar-refractivity contribution in [2.75, 3.05) is 0 Å². The standard InChI is InChI=1S/C17H17FN2O/c1-3-8-20-16-7-4-12(18)10-15(16)19-17(20)14-6-5-13(21)9-11(14)2/h4-7,9-10,21H,3,8H2,1-2H3. The topological polar surface area (TPSA) is 38.0 Å². The van der Waals surface area contributed by atoms with E-state index in [2.05, 4.69) is 16.5 Å². The molecule has 0 aliphatic heterocycles. The molecular formula is C17H17FN2O. The van der Waals surface area contributed by atoms with E-state index in [0.717, 1.165) is 35.4 Å². The van der Waals surface area contributed by atoms with Gasteiger partial charge in [0.15, 0.2) is 0 Å². The molecule has 0 aliphatic carbocycles. The largest absolute Gasteiger partial charge is 0.508 e. The van der Waals surface area contributed by atoms with Gasteiger partial charge in [0.2, 0.25) is 0 Å². The second-order valence-corrected chi connectivity index (χ2v) is 5.22. The smallest absolute Gasteiger partial charge is 0.141 e. The zero-order chi connectivity index (χ0) is 15.0. The summed E-state index contributed by atoms with van der Waals surface area (Å²) >= 11 is 0. The summed E-state index contributed by atoms with van der Waals surface area (Å²) in [4.78, 5) is 4.59. The first kappa shape index (κ1) is 13.6. The highest BCUT2D eigenvalue weighted by Crippen LogP contribution is 2.29. The number of nitrogens with zero attached hydrogens (tertiary/aromatic N) is 2. The van der Waals surface area contributed by atoms with Gasteiger partial charge in [0.1, 0.15) is 17.4 Å². The molecule has 0 spiro atoms. The number of aryl methyl sites for hydroxylation is 2. The van der Waals surface area contributed by atoms with E-state index in [4.69, 9.17) is 0 Å². The highest BCUT2D eigenvalue weighted by Gasteiger charge is 2.14. The van der Waals surface area contributed by atoms with Crippen molar-refractivity contribution >= 4 is 11.0 Å². The summed E-state index contributed by atoms with van der Waals surface area (Å²) in [5.41, 5.74) is 3.49. The molecule has 3 rings (SSSR count). The maximum atomic E-state index is 13.4. The first-order chi connectivity index (χ1) is 10.1. The molecule has 0 saturated heterocycles. The highest BCUT2D eigenvalue weighted by atomic mass is 19.1. The number of hydrogen-bond acceptors (Lipinski definition) is 2. The molecule has 1 heterocycles. The minimum absolute atomic E-state index is 0.237. The van der Waals surface area contributed by atoms with E-state index in [0.29, 0.717) is 5.52 Å². The van der Waals surface area contributed by atoms with Gasteiger partial charge in [0.25, 0.3) is 0 Å². The van der Waals surface area contributed by atoms with E-state index in [-0.39, 0.29) is 11.6 Å². The van der Waals surface area contributed by atoms with Crippen LogP contribution in [0, 0.1) is 12.7 Å². The first-order valence-corrected chi connectivity index (χ1v) is 7.06. The van der Waals surface area contributed by atoms with Crippen molar-refractivity contribution in [2.24, 2.45) is 0 Å². The van der Waals surface area contributed by atoms with Crippen molar-refractivity contribution in [1.82, 2.24) is 9.55 Å². The molecule has 0 amide bonds. The zero-order valence-electron chi connectivity index (χ0n) is 12.1. The van der Waals surface area contributed by atoms with Gasteiger partial charge in [-0.3, -0.25) is 0 Å². The summed E-state index contributed by atoms with van der Waals surface area (Å²) in [5, 5.41) is 9.56. The summed E-state index contributed by atoms with van der Waals surface area (Å²) in [6.45, 7) is 4.85. The predicted molar refractivity (Wildman–Crippen MR) is 81.8 cm³/mol. The van der Waals surface area contributed by atoms with Crippen LogP contribution in [0.15, 0.2) is 36.4 Å². The third-order valence-corrected chi connectivity index (χ3v) is 3.61. The van der Waals surface area contributed by atoms with E-state index in [1.807, 2.05) is 13.0 Å². The van der Waals surface area contributed by atoms with Crippen LogP contribution in [0.3, 0.4) is 0 Å². The van der Waals surface area contributed by atoms with Gasteiger partial charge in [0.05, 0.1) is 11.0 Å². The number of hydrogen-bond donors (Lipinski definition) is 1. The number of rotatable bonds is 3. The lowest BCUT2D eigenvalue weighted by molar-refractivity contribution is 0.475. The summed E-state index contributed by atoms with van der Waals surface area (Å²) in [5.74, 6) is 0.771. The van der Waals surface area contributed by atoms with E-state index in [1.165, 1.54) is 12.1 Å². The van der Waals surface area contributed by atoms with Crippen LogP contribution >= 0.6 is 0 Å². The van der Waals surface area contributed by atoms with E-state index >= 15 is 0 Å². The van der Waals surface area contributed by atoms with E-state index in [1.54, 1.807) is 18.2 Å². The average Bonchev–Trinajstić information content (AvgIpc) is 2.77.